The van der Waals surface area contributed by atoms with Crippen LogP contribution in [0.5, 0.6) is 0 Å². The number of piperidine rings is 1. The van der Waals surface area contributed by atoms with Gasteiger partial charge in [-0.05, 0) is 42.5 Å². The van der Waals surface area contributed by atoms with Gasteiger partial charge in [0.1, 0.15) is 0 Å². The molecule has 2 saturated heterocycles. The summed E-state index contributed by atoms with van der Waals surface area (Å²) in [5.74, 6) is -0.302. The van der Waals surface area contributed by atoms with E-state index in [9.17, 15) is 18.0 Å². The van der Waals surface area contributed by atoms with Crippen LogP contribution in [0.3, 0.4) is 0 Å². The first-order chi connectivity index (χ1) is 13.8. The van der Waals surface area contributed by atoms with E-state index in [-0.39, 0.29) is 23.0 Å². The Morgan fingerprint density at radius 2 is 1.66 bits per heavy atom. The molecule has 29 heavy (non-hydrogen) atoms. The molecule has 8 nitrogen and oxygen atoms in total. The van der Waals surface area contributed by atoms with Crippen LogP contribution in [-0.4, -0.2) is 75.5 Å². The molecule has 2 heterocycles. The third-order valence-corrected chi connectivity index (χ3v) is 7.10. The number of hydrogen-bond donors (Lipinski definition) is 0. The molecular weight excluding hydrogens is 396 g/mol. The minimum atomic E-state index is -3.60. The predicted molar refractivity (Wildman–Crippen MR) is 106 cm³/mol. The maximum Gasteiger partial charge on any atom is 0.338 e. The van der Waals surface area contributed by atoms with E-state index >= 15 is 0 Å². The van der Waals surface area contributed by atoms with Crippen LogP contribution in [0.25, 0.3) is 0 Å². The van der Waals surface area contributed by atoms with Crippen LogP contribution in [0.15, 0.2) is 29.2 Å². The van der Waals surface area contributed by atoms with Crippen molar-refractivity contribution in [3.8, 4) is 0 Å². The van der Waals surface area contributed by atoms with Crippen LogP contribution in [0, 0.1) is 11.8 Å². The molecule has 0 spiro atoms. The monoisotopic (exact) mass is 424 g/mol. The Morgan fingerprint density at radius 1 is 1.07 bits per heavy atom. The maximum absolute atomic E-state index is 12.9. The zero-order valence-electron chi connectivity index (χ0n) is 16.9. The lowest BCUT2D eigenvalue weighted by Crippen LogP contribution is -2.42. The standard InChI is InChI=1S/C20H28N2O6S/c1-15-11-16(2)13-22(12-15)29(25,26)18-5-3-17(4-6-18)20(24)28-14-19(23)21-7-9-27-10-8-21/h3-6,15-16H,7-14H2,1-2H3/t15-,16-/m0/s1. The lowest BCUT2D eigenvalue weighted by Gasteiger charge is -2.34. The van der Waals surface area contributed by atoms with Gasteiger partial charge in [0, 0.05) is 26.2 Å². The molecule has 0 bridgehead atoms. The number of morpholine rings is 1. The molecule has 3 rings (SSSR count). The van der Waals surface area contributed by atoms with Crippen LogP contribution in [-0.2, 0) is 24.3 Å². The lowest BCUT2D eigenvalue weighted by molar-refractivity contribution is -0.138. The van der Waals surface area contributed by atoms with Gasteiger partial charge < -0.3 is 14.4 Å². The SMILES string of the molecule is C[C@H]1C[C@H](C)CN(S(=O)(=O)c2ccc(C(=O)OCC(=O)N3CCOCC3)cc2)C1. The molecule has 1 amide bonds. The molecule has 2 atom stereocenters. The number of ether oxygens (including phenoxy) is 2. The summed E-state index contributed by atoms with van der Waals surface area (Å²) in [4.78, 5) is 26.0. The fraction of sp³-hybridized carbons (Fsp3) is 0.600. The van der Waals surface area contributed by atoms with Gasteiger partial charge in [0.25, 0.3) is 5.91 Å². The lowest BCUT2D eigenvalue weighted by atomic mass is 9.94. The summed E-state index contributed by atoms with van der Waals surface area (Å²) in [6, 6.07) is 5.68. The molecule has 0 aromatic heterocycles. The molecule has 2 aliphatic heterocycles. The third-order valence-electron chi connectivity index (χ3n) is 5.25. The molecule has 2 aliphatic rings. The van der Waals surface area contributed by atoms with E-state index in [0.29, 0.717) is 51.2 Å². The maximum atomic E-state index is 12.9. The third kappa shape index (κ3) is 5.34. The summed E-state index contributed by atoms with van der Waals surface area (Å²) >= 11 is 0. The van der Waals surface area contributed by atoms with Gasteiger partial charge in [0.15, 0.2) is 6.61 Å². The first-order valence-corrected chi connectivity index (χ1v) is 11.3. The van der Waals surface area contributed by atoms with E-state index < -0.39 is 16.0 Å². The van der Waals surface area contributed by atoms with Gasteiger partial charge in [-0.2, -0.15) is 4.31 Å². The zero-order valence-corrected chi connectivity index (χ0v) is 17.7. The van der Waals surface area contributed by atoms with Crippen LogP contribution in [0.1, 0.15) is 30.6 Å². The Balaban J connectivity index is 1.60. The second-order valence-corrected chi connectivity index (χ2v) is 9.80. The molecule has 0 radical (unpaired) electrons. The van der Waals surface area contributed by atoms with Gasteiger partial charge >= 0.3 is 5.97 Å². The van der Waals surface area contributed by atoms with E-state index in [1.807, 2.05) is 0 Å². The smallest absolute Gasteiger partial charge is 0.338 e. The highest BCUT2D eigenvalue weighted by Gasteiger charge is 2.31. The normalized spacial score (nSPS) is 23.6. The van der Waals surface area contributed by atoms with Gasteiger partial charge in [-0.15, -0.1) is 0 Å². The first-order valence-electron chi connectivity index (χ1n) is 9.90. The minimum absolute atomic E-state index is 0.153. The fourth-order valence-electron chi connectivity index (χ4n) is 3.83. The molecule has 0 aliphatic carbocycles. The zero-order chi connectivity index (χ0) is 21.0. The summed E-state index contributed by atoms with van der Waals surface area (Å²) in [5, 5.41) is 0. The van der Waals surface area contributed by atoms with E-state index in [2.05, 4.69) is 13.8 Å². The molecule has 0 unspecified atom stereocenters. The summed E-state index contributed by atoms with van der Waals surface area (Å²) in [7, 11) is -3.60. The highest BCUT2D eigenvalue weighted by atomic mass is 32.2. The Hall–Kier alpha value is -1.97. The van der Waals surface area contributed by atoms with Crippen molar-refractivity contribution in [2.75, 3.05) is 46.0 Å². The second-order valence-electron chi connectivity index (χ2n) is 7.86. The van der Waals surface area contributed by atoms with Crippen molar-refractivity contribution in [3.63, 3.8) is 0 Å². The number of amides is 1. The van der Waals surface area contributed by atoms with E-state index in [1.54, 1.807) is 4.90 Å². The predicted octanol–water partition coefficient (Wildman–Crippen LogP) is 1.37. The van der Waals surface area contributed by atoms with Crippen molar-refractivity contribution in [3.05, 3.63) is 29.8 Å². The van der Waals surface area contributed by atoms with Crippen LogP contribution < -0.4 is 0 Å². The Kier molecular flexibility index (Phi) is 6.92. The Bertz CT molecular complexity index is 823. The summed E-state index contributed by atoms with van der Waals surface area (Å²) < 4.78 is 37.6. The number of sulfonamides is 1. The van der Waals surface area contributed by atoms with Crippen molar-refractivity contribution in [1.82, 2.24) is 9.21 Å². The van der Waals surface area contributed by atoms with Crippen LogP contribution >= 0.6 is 0 Å². The number of carbonyl (C=O) groups excluding carboxylic acids is 2. The molecule has 160 valence electrons. The average molecular weight is 425 g/mol. The van der Waals surface area contributed by atoms with E-state index in [1.165, 1.54) is 28.6 Å². The summed E-state index contributed by atoms with van der Waals surface area (Å²) in [6.07, 6.45) is 1.01. The van der Waals surface area contributed by atoms with Gasteiger partial charge in [0.05, 0.1) is 23.7 Å². The van der Waals surface area contributed by atoms with Gasteiger partial charge in [0.2, 0.25) is 10.0 Å². The summed E-state index contributed by atoms with van der Waals surface area (Å²) in [6.45, 7) is 6.68. The second kappa shape index (κ2) is 9.23. The highest BCUT2D eigenvalue weighted by molar-refractivity contribution is 7.89. The molecule has 1 aromatic carbocycles. The number of hydrogen-bond acceptors (Lipinski definition) is 6. The van der Waals surface area contributed by atoms with Gasteiger partial charge in [-0.3, -0.25) is 4.79 Å². The Labute approximate surface area is 171 Å². The number of nitrogens with zero attached hydrogens (tertiary/aromatic N) is 2. The molecule has 9 heteroatoms. The van der Waals surface area contributed by atoms with Crippen molar-refractivity contribution in [1.29, 1.82) is 0 Å². The van der Waals surface area contributed by atoms with Crippen LogP contribution in [0.2, 0.25) is 0 Å². The van der Waals surface area contributed by atoms with Gasteiger partial charge in [-0.1, -0.05) is 13.8 Å². The minimum Gasteiger partial charge on any atom is -0.452 e. The van der Waals surface area contributed by atoms with E-state index in [4.69, 9.17) is 9.47 Å². The van der Waals surface area contributed by atoms with Crippen molar-refractivity contribution in [2.45, 2.75) is 25.2 Å². The molecule has 0 N–H and O–H groups in total. The van der Waals surface area contributed by atoms with Crippen molar-refractivity contribution in [2.24, 2.45) is 11.8 Å². The molecular formula is C20H28N2O6S. The quantitative estimate of drug-likeness (QED) is 0.663. The average Bonchev–Trinajstić information content (AvgIpc) is 2.71. The Morgan fingerprint density at radius 3 is 2.24 bits per heavy atom. The number of rotatable bonds is 5. The molecule has 0 saturated carbocycles. The largest absolute Gasteiger partial charge is 0.452 e. The number of benzene rings is 1. The van der Waals surface area contributed by atoms with Crippen LogP contribution in [0.4, 0.5) is 0 Å². The van der Waals surface area contributed by atoms with Crippen molar-refractivity contribution >= 4 is 21.9 Å². The first kappa shape index (κ1) is 21.7. The number of esters is 1. The number of carbonyl (C=O) groups is 2. The summed E-state index contributed by atoms with van der Waals surface area (Å²) in [5.41, 5.74) is 0.208. The van der Waals surface area contributed by atoms with E-state index in [0.717, 1.165) is 6.42 Å². The molecule has 1 aromatic rings. The van der Waals surface area contributed by atoms with Crippen molar-refractivity contribution < 1.29 is 27.5 Å². The van der Waals surface area contributed by atoms with Gasteiger partial charge in [-0.25, -0.2) is 13.2 Å². The fourth-order valence-corrected chi connectivity index (χ4v) is 5.51. The highest BCUT2D eigenvalue weighted by Crippen LogP contribution is 2.26. The molecule has 2 fully saturated rings. The topological polar surface area (TPSA) is 93.2 Å².